The summed E-state index contributed by atoms with van der Waals surface area (Å²) in [6, 6.07) is 10.5. The van der Waals surface area contributed by atoms with Crippen molar-refractivity contribution in [2.45, 2.75) is 33.1 Å². The molecule has 1 saturated heterocycles. The van der Waals surface area contributed by atoms with Gasteiger partial charge in [0.05, 0.1) is 25.3 Å². The summed E-state index contributed by atoms with van der Waals surface area (Å²) in [5, 5.41) is 5.91. The second kappa shape index (κ2) is 13.0. The number of anilines is 2. The van der Waals surface area contributed by atoms with E-state index >= 15 is 0 Å². The van der Waals surface area contributed by atoms with Gasteiger partial charge in [0.1, 0.15) is 11.5 Å². The molecule has 0 spiro atoms. The average molecular weight is 484 g/mol. The molecule has 190 valence electrons. The Morgan fingerprint density at radius 1 is 1.00 bits per heavy atom. The monoisotopic (exact) mass is 483 g/mol. The highest BCUT2D eigenvalue weighted by Crippen LogP contribution is 2.30. The van der Waals surface area contributed by atoms with Crippen LogP contribution >= 0.6 is 0 Å². The highest BCUT2D eigenvalue weighted by atomic mass is 16.5. The van der Waals surface area contributed by atoms with Gasteiger partial charge in [0, 0.05) is 50.3 Å². The van der Waals surface area contributed by atoms with Crippen molar-refractivity contribution >= 4 is 23.2 Å². The van der Waals surface area contributed by atoms with E-state index in [0.717, 1.165) is 38.0 Å². The van der Waals surface area contributed by atoms with Crippen molar-refractivity contribution in [2.24, 2.45) is 5.92 Å². The Hall–Kier alpha value is -3.26. The van der Waals surface area contributed by atoms with Crippen molar-refractivity contribution in [1.82, 2.24) is 5.32 Å². The van der Waals surface area contributed by atoms with Gasteiger partial charge in [0.2, 0.25) is 0 Å². The van der Waals surface area contributed by atoms with Gasteiger partial charge in [-0.25, -0.2) is 0 Å². The number of nitrogens with zero attached hydrogens (tertiary/aromatic N) is 1. The van der Waals surface area contributed by atoms with Gasteiger partial charge in [-0.2, -0.15) is 0 Å². The van der Waals surface area contributed by atoms with Crippen molar-refractivity contribution in [3.05, 3.63) is 47.5 Å². The minimum Gasteiger partial charge on any atom is -0.497 e. The van der Waals surface area contributed by atoms with Crippen LogP contribution in [0.1, 0.15) is 53.8 Å². The molecule has 0 saturated carbocycles. The minimum atomic E-state index is -0.327. The van der Waals surface area contributed by atoms with Gasteiger partial charge in [-0.15, -0.1) is 0 Å². The average Bonchev–Trinajstić information content (AvgIpc) is 2.88. The minimum absolute atomic E-state index is 0.159. The molecule has 1 aliphatic rings. The quantitative estimate of drug-likeness (QED) is 0.462. The fourth-order valence-electron chi connectivity index (χ4n) is 4.12. The molecule has 0 radical (unpaired) electrons. The van der Waals surface area contributed by atoms with Gasteiger partial charge in [-0.3, -0.25) is 9.59 Å². The van der Waals surface area contributed by atoms with E-state index in [1.807, 2.05) is 19.1 Å². The maximum atomic E-state index is 13.2. The number of rotatable bonds is 11. The van der Waals surface area contributed by atoms with Gasteiger partial charge in [-0.1, -0.05) is 6.92 Å². The van der Waals surface area contributed by atoms with Crippen LogP contribution in [0.4, 0.5) is 11.4 Å². The molecule has 8 heteroatoms. The number of nitrogens with one attached hydrogen (secondary N) is 2. The summed E-state index contributed by atoms with van der Waals surface area (Å²) < 4.78 is 15.9. The summed E-state index contributed by atoms with van der Waals surface area (Å²) in [6.07, 6.45) is 2.92. The second-order valence-electron chi connectivity index (χ2n) is 8.73. The topological polar surface area (TPSA) is 89.1 Å². The first-order valence-electron chi connectivity index (χ1n) is 12.2. The maximum Gasteiger partial charge on any atom is 0.259 e. The number of carbonyl (C=O) groups is 2. The molecule has 2 aromatic carbocycles. The first-order valence-corrected chi connectivity index (χ1v) is 12.2. The normalized spacial score (nSPS) is 13.9. The van der Waals surface area contributed by atoms with Crippen LogP contribution in [-0.2, 0) is 4.74 Å². The number of amides is 2. The van der Waals surface area contributed by atoms with Crippen molar-refractivity contribution < 1.29 is 23.8 Å². The van der Waals surface area contributed by atoms with Crippen molar-refractivity contribution in [3.8, 4) is 11.5 Å². The Bertz CT molecular complexity index is 1000. The van der Waals surface area contributed by atoms with Gasteiger partial charge < -0.3 is 29.7 Å². The van der Waals surface area contributed by atoms with E-state index in [4.69, 9.17) is 14.2 Å². The second-order valence-corrected chi connectivity index (χ2v) is 8.73. The fraction of sp³-hybridized carbons (Fsp3) is 0.481. The van der Waals surface area contributed by atoms with Crippen LogP contribution in [0.15, 0.2) is 36.4 Å². The number of piperidine rings is 1. The van der Waals surface area contributed by atoms with E-state index in [2.05, 4.69) is 22.5 Å². The van der Waals surface area contributed by atoms with E-state index in [-0.39, 0.29) is 11.8 Å². The number of benzene rings is 2. The van der Waals surface area contributed by atoms with Crippen molar-refractivity contribution in [3.63, 3.8) is 0 Å². The number of methoxy groups -OCH3 is 2. The lowest BCUT2D eigenvalue weighted by atomic mass is 9.97. The van der Waals surface area contributed by atoms with Gasteiger partial charge in [0.15, 0.2) is 0 Å². The zero-order chi connectivity index (χ0) is 25.2. The van der Waals surface area contributed by atoms with Crippen molar-refractivity contribution in [2.75, 3.05) is 57.3 Å². The molecule has 0 aliphatic carbocycles. The summed E-state index contributed by atoms with van der Waals surface area (Å²) in [6.45, 7) is 7.80. The summed E-state index contributed by atoms with van der Waals surface area (Å²) in [5.41, 5.74) is 2.36. The molecule has 0 atom stereocenters. The van der Waals surface area contributed by atoms with Crippen LogP contribution in [0, 0.1) is 5.92 Å². The highest BCUT2D eigenvalue weighted by Gasteiger charge is 2.22. The van der Waals surface area contributed by atoms with Crippen LogP contribution in [0.2, 0.25) is 0 Å². The smallest absolute Gasteiger partial charge is 0.259 e. The number of carbonyl (C=O) groups excluding carboxylic acids is 2. The molecule has 2 aromatic rings. The Kier molecular flexibility index (Phi) is 9.78. The number of hydrogen-bond donors (Lipinski definition) is 2. The molecule has 8 nitrogen and oxygen atoms in total. The molecule has 0 unspecified atom stereocenters. The van der Waals surface area contributed by atoms with Crippen LogP contribution in [0.5, 0.6) is 11.5 Å². The Morgan fingerprint density at radius 2 is 1.77 bits per heavy atom. The van der Waals surface area contributed by atoms with E-state index in [1.165, 1.54) is 7.11 Å². The molecule has 3 rings (SSSR count). The van der Waals surface area contributed by atoms with Crippen LogP contribution < -0.4 is 25.0 Å². The van der Waals surface area contributed by atoms with E-state index in [9.17, 15) is 9.59 Å². The lowest BCUT2D eigenvalue weighted by molar-refractivity contribution is 0.0943. The lowest BCUT2D eigenvalue weighted by Gasteiger charge is -2.33. The zero-order valence-corrected chi connectivity index (χ0v) is 21.2. The Labute approximate surface area is 207 Å². The summed E-state index contributed by atoms with van der Waals surface area (Å²) in [4.78, 5) is 28.4. The number of hydrogen-bond acceptors (Lipinski definition) is 6. The third kappa shape index (κ3) is 7.11. The lowest BCUT2D eigenvalue weighted by Crippen LogP contribution is -2.35. The molecule has 1 fully saturated rings. The summed E-state index contributed by atoms with van der Waals surface area (Å²) in [7, 11) is 3.07. The SMILES string of the molecule is CCOCCCNC(=O)c1cc(NC(=O)c2ccc(OC)cc2OC)ccc1N1CCC(C)CC1. The maximum absolute atomic E-state index is 13.2. The van der Waals surface area contributed by atoms with Crippen LogP contribution in [0.3, 0.4) is 0 Å². The molecule has 1 heterocycles. The molecule has 2 amide bonds. The van der Waals surface area contributed by atoms with E-state index in [0.29, 0.717) is 54.0 Å². The molecule has 1 aliphatic heterocycles. The number of ether oxygens (including phenoxy) is 3. The zero-order valence-electron chi connectivity index (χ0n) is 21.2. The molecule has 0 bridgehead atoms. The highest BCUT2D eigenvalue weighted by molar-refractivity contribution is 6.08. The first-order chi connectivity index (χ1) is 17.0. The molecule has 2 N–H and O–H groups in total. The standard InChI is InChI=1S/C27H37N3O5/c1-5-35-16-6-13-28-26(31)23-17-20(7-10-24(23)30-14-11-19(2)12-15-30)29-27(32)22-9-8-21(33-3)18-25(22)34-4/h7-10,17-19H,5-6,11-16H2,1-4H3,(H,28,31)(H,29,32). The van der Waals surface area contributed by atoms with Crippen molar-refractivity contribution in [1.29, 1.82) is 0 Å². The molecule has 0 aromatic heterocycles. The predicted octanol–water partition coefficient (Wildman–Crippen LogP) is 4.35. The van der Waals surface area contributed by atoms with E-state index < -0.39 is 0 Å². The molecule has 35 heavy (non-hydrogen) atoms. The summed E-state index contributed by atoms with van der Waals surface area (Å²) in [5.74, 6) is 1.20. The predicted molar refractivity (Wildman–Crippen MR) is 138 cm³/mol. The largest absolute Gasteiger partial charge is 0.497 e. The van der Waals surface area contributed by atoms with Crippen LogP contribution in [-0.4, -0.2) is 58.9 Å². The summed E-state index contributed by atoms with van der Waals surface area (Å²) >= 11 is 0. The Balaban J connectivity index is 1.81. The molecular weight excluding hydrogens is 446 g/mol. The first kappa shape index (κ1) is 26.3. The third-order valence-electron chi connectivity index (χ3n) is 6.23. The third-order valence-corrected chi connectivity index (χ3v) is 6.23. The Morgan fingerprint density at radius 3 is 2.46 bits per heavy atom. The van der Waals surface area contributed by atoms with Crippen LogP contribution in [0.25, 0.3) is 0 Å². The van der Waals surface area contributed by atoms with Gasteiger partial charge in [0.25, 0.3) is 11.8 Å². The van der Waals surface area contributed by atoms with E-state index in [1.54, 1.807) is 31.4 Å². The van der Waals surface area contributed by atoms with Gasteiger partial charge in [-0.05, 0) is 62.4 Å². The van der Waals surface area contributed by atoms with Gasteiger partial charge >= 0.3 is 0 Å². The fourth-order valence-corrected chi connectivity index (χ4v) is 4.12. The molecular formula is C27H37N3O5.